The van der Waals surface area contributed by atoms with Crippen molar-refractivity contribution in [3.05, 3.63) is 47.2 Å². The van der Waals surface area contributed by atoms with Crippen LogP contribution in [-0.4, -0.2) is 38.3 Å². The van der Waals surface area contributed by atoms with E-state index in [1.165, 1.54) is 35.2 Å². The summed E-state index contributed by atoms with van der Waals surface area (Å²) in [5.74, 6) is -6.87. The Morgan fingerprint density at radius 1 is 1.06 bits per heavy atom. The number of fused-ring (bicyclic) bond motifs is 1. The monoisotopic (exact) mass is 500 g/mol. The Labute approximate surface area is 194 Å². The highest BCUT2D eigenvalue weighted by Crippen LogP contribution is 2.41. The van der Waals surface area contributed by atoms with Crippen molar-refractivity contribution in [2.24, 2.45) is 5.14 Å². The van der Waals surface area contributed by atoms with Gasteiger partial charge < -0.3 is 10.2 Å². The largest absolute Gasteiger partial charge is 0.356 e. The maximum Gasteiger partial charge on any atom is 0.290 e. The molecule has 1 amide bonds. The van der Waals surface area contributed by atoms with Crippen molar-refractivity contribution in [2.45, 2.75) is 55.3 Å². The lowest BCUT2D eigenvalue weighted by molar-refractivity contribution is -0.0263. The normalized spacial score (nSPS) is 19.7. The van der Waals surface area contributed by atoms with Crippen molar-refractivity contribution >= 4 is 27.4 Å². The fourth-order valence-corrected chi connectivity index (χ4v) is 4.86. The molecule has 0 radical (unpaired) electrons. The molecule has 12 heteroatoms. The van der Waals surface area contributed by atoms with E-state index in [0.29, 0.717) is 6.42 Å². The predicted molar refractivity (Wildman–Crippen MR) is 118 cm³/mol. The minimum Gasteiger partial charge on any atom is -0.356 e. The third-order valence-corrected chi connectivity index (χ3v) is 6.96. The summed E-state index contributed by atoms with van der Waals surface area (Å²) in [5.41, 5.74) is -0.128. The van der Waals surface area contributed by atoms with Crippen molar-refractivity contribution in [3.8, 4) is 0 Å². The van der Waals surface area contributed by atoms with Gasteiger partial charge in [-0.1, -0.05) is 6.07 Å². The molecule has 34 heavy (non-hydrogen) atoms. The summed E-state index contributed by atoms with van der Waals surface area (Å²) in [6.07, 6.45) is -0.575. The summed E-state index contributed by atoms with van der Waals surface area (Å²) in [6.45, 7) is -0.0142. The van der Waals surface area contributed by atoms with Crippen LogP contribution in [-0.2, 0) is 22.4 Å². The Morgan fingerprint density at radius 2 is 1.82 bits per heavy atom. The predicted octanol–water partition coefficient (Wildman–Crippen LogP) is 4.04. The van der Waals surface area contributed by atoms with Crippen LogP contribution >= 0.6 is 0 Å². The first-order valence-electron chi connectivity index (χ1n) is 10.8. The molecule has 1 aromatic heterocycles. The number of benzene rings is 1. The number of nitrogens with one attached hydrogen (secondary N) is 1. The number of anilines is 2. The minimum atomic E-state index is -4.02. The molecule has 1 saturated heterocycles. The number of aromatic nitrogens is 1. The molecule has 7 nitrogen and oxygen atoms in total. The molecule has 1 aliphatic heterocycles. The highest BCUT2D eigenvalue weighted by atomic mass is 32.2. The highest BCUT2D eigenvalue weighted by Gasteiger charge is 2.40. The molecule has 1 aliphatic carbocycles. The second kappa shape index (κ2) is 8.81. The number of aryl methyl sites for hydroxylation is 1. The number of hydrogen-bond donors (Lipinski definition) is 2. The quantitative estimate of drug-likeness (QED) is 0.617. The first kappa shape index (κ1) is 24.4. The molecule has 2 aliphatic rings. The van der Waals surface area contributed by atoms with Gasteiger partial charge in [0.05, 0.1) is 10.5 Å². The third-order valence-electron chi connectivity index (χ3n) is 6.05. The summed E-state index contributed by atoms with van der Waals surface area (Å²) < 4.78 is 80.3. The number of alkyl halides is 4. The zero-order chi connectivity index (χ0) is 24.7. The van der Waals surface area contributed by atoms with E-state index in [9.17, 15) is 30.8 Å². The fraction of sp³-hybridized carbons (Fsp3) is 0.455. The Kier molecular flexibility index (Phi) is 6.32. The molecule has 1 aromatic carbocycles. The summed E-state index contributed by atoms with van der Waals surface area (Å²) in [5, 5.41) is 7.69. The van der Waals surface area contributed by atoms with Crippen molar-refractivity contribution in [2.75, 3.05) is 23.3 Å². The van der Waals surface area contributed by atoms with Crippen LogP contribution in [0.15, 0.2) is 35.2 Å². The fourth-order valence-electron chi connectivity index (χ4n) is 4.30. The summed E-state index contributed by atoms with van der Waals surface area (Å²) >= 11 is 0. The number of nitrogens with zero attached hydrogens (tertiary/aromatic N) is 2. The Hall–Kier alpha value is -2.73. The van der Waals surface area contributed by atoms with Gasteiger partial charge in [0.15, 0.2) is 0 Å². The molecular formula is C22H24F4N4O3S. The first-order chi connectivity index (χ1) is 15.9. The molecule has 0 spiro atoms. The lowest BCUT2D eigenvalue weighted by atomic mass is 9.91. The van der Waals surface area contributed by atoms with E-state index in [0.717, 1.165) is 0 Å². The number of nitrogens with two attached hydrogens (primary N) is 1. The van der Waals surface area contributed by atoms with Gasteiger partial charge in [-0.05, 0) is 49.1 Å². The summed E-state index contributed by atoms with van der Waals surface area (Å²) in [4.78, 5) is 18.6. The number of carbonyl (C=O) groups excluding carboxylic acids is 1. The summed E-state index contributed by atoms with van der Waals surface area (Å²) in [6, 6.07) is 6.60. The van der Waals surface area contributed by atoms with E-state index in [4.69, 9.17) is 5.14 Å². The van der Waals surface area contributed by atoms with Crippen LogP contribution in [0.2, 0.25) is 0 Å². The second-order valence-corrected chi connectivity index (χ2v) is 10.2. The van der Waals surface area contributed by atoms with Gasteiger partial charge in [-0.3, -0.25) is 4.79 Å². The molecule has 4 rings (SSSR count). The average molecular weight is 501 g/mol. The van der Waals surface area contributed by atoms with Crippen LogP contribution in [0.4, 0.5) is 29.1 Å². The van der Waals surface area contributed by atoms with Crippen LogP contribution in [0.1, 0.15) is 53.7 Å². The SMILES string of the molecule is NS(=O)(=O)c1cccc(NC(=O)c2cc3c(nc2N2CCCC(F)(F)CC2)C(F)(F)CCC3)c1. The van der Waals surface area contributed by atoms with Crippen LogP contribution in [0.5, 0.6) is 0 Å². The molecule has 2 heterocycles. The van der Waals surface area contributed by atoms with Gasteiger partial charge in [-0.15, -0.1) is 0 Å². The van der Waals surface area contributed by atoms with Crippen molar-refractivity contribution < 1.29 is 30.8 Å². The van der Waals surface area contributed by atoms with Gasteiger partial charge in [0, 0.05) is 38.0 Å². The third kappa shape index (κ3) is 5.17. The summed E-state index contributed by atoms with van der Waals surface area (Å²) in [7, 11) is -4.02. The van der Waals surface area contributed by atoms with Crippen molar-refractivity contribution in [1.29, 1.82) is 0 Å². The van der Waals surface area contributed by atoms with E-state index in [1.54, 1.807) is 0 Å². The van der Waals surface area contributed by atoms with Gasteiger partial charge in [0.2, 0.25) is 15.9 Å². The molecule has 1 fully saturated rings. The van der Waals surface area contributed by atoms with Crippen LogP contribution < -0.4 is 15.4 Å². The average Bonchev–Trinajstić information content (AvgIpc) is 2.93. The first-order valence-corrected chi connectivity index (χ1v) is 12.4. The number of sulfonamides is 1. The van der Waals surface area contributed by atoms with E-state index in [2.05, 4.69) is 10.3 Å². The maximum absolute atomic E-state index is 14.6. The molecular weight excluding hydrogens is 476 g/mol. The standard InChI is InChI=1S/C22H24F4N4O3S/c23-21(24)7-3-10-30(11-9-21)19-17(12-14-4-2-8-22(25,26)18(14)29-19)20(31)28-15-5-1-6-16(13-15)34(27,32)33/h1,5-6,12-13H,2-4,7-11H2,(H,28,31)(H2,27,32,33). The number of hydrogen-bond acceptors (Lipinski definition) is 5. The van der Waals surface area contributed by atoms with E-state index < -0.39 is 39.9 Å². The van der Waals surface area contributed by atoms with E-state index >= 15 is 0 Å². The number of carbonyl (C=O) groups is 1. The number of rotatable bonds is 4. The maximum atomic E-state index is 14.6. The Bertz CT molecular complexity index is 1220. The van der Waals surface area contributed by atoms with Crippen molar-refractivity contribution in [3.63, 3.8) is 0 Å². The molecule has 3 N–H and O–H groups in total. The van der Waals surface area contributed by atoms with Gasteiger partial charge in [0.1, 0.15) is 11.5 Å². The molecule has 2 aromatic rings. The number of primary sulfonamides is 1. The van der Waals surface area contributed by atoms with E-state index in [-0.39, 0.29) is 66.3 Å². The van der Waals surface area contributed by atoms with Crippen LogP contribution in [0.25, 0.3) is 0 Å². The number of amides is 1. The Morgan fingerprint density at radius 3 is 2.56 bits per heavy atom. The van der Waals surface area contributed by atoms with Crippen LogP contribution in [0.3, 0.4) is 0 Å². The highest BCUT2D eigenvalue weighted by molar-refractivity contribution is 7.89. The molecule has 184 valence electrons. The van der Waals surface area contributed by atoms with Crippen LogP contribution in [0, 0.1) is 0 Å². The Balaban J connectivity index is 1.74. The van der Waals surface area contributed by atoms with Gasteiger partial charge in [0.25, 0.3) is 11.8 Å². The van der Waals surface area contributed by atoms with Gasteiger partial charge in [-0.25, -0.2) is 27.3 Å². The smallest absolute Gasteiger partial charge is 0.290 e. The second-order valence-electron chi connectivity index (χ2n) is 8.65. The zero-order valence-corrected chi connectivity index (χ0v) is 19.0. The lowest BCUT2D eigenvalue weighted by Gasteiger charge is -2.29. The lowest BCUT2D eigenvalue weighted by Crippen LogP contribution is -2.32. The molecule has 0 saturated carbocycles. The zero-order valence-electron chi connectivity index (χ0n) is 18.2. The molecule has 0 bridgehead atoms. The molecule has 0 atom stereocenters. The van der Waals surface area contributed by atoms with Crippen molar-refractivity contribution in [1.82, 2.24) is 4.98 Å². The molecule has 0 unspecified atom stereocenters. The topological polar surface area (TPSA) is 105 Å². The number of pyridine rings is 1. The van der Waals surface area contributed by atoms with Gasteiger partial charge >= 0.3 is 0 Å². The van der Waals surface area contributed by atoms with Gasteiger partial charge in [-0.2, -0.15) is 8.78 Å². The number of halogens is 4. The minimum absolute atomic E-state index is 0.0392. The van der Waals surface area contributed by atoms with E-state index in [1.807, 2.05) is 0 Å².